The lowest BCUT2D eigenvalue weighted by atomic mass is 9.71. The summed E-state index contributed by atoms with van der Waals surface area (Å²) in [6.07, 6.45) is 5.64. The zero-order valence-corrected chi connectivity index (χ0v) is 19.5. The highest BCUT2D eigenvalue weighted by Crippen LogP contribution is 2.42. The van der Waals surface area contributed by atoms with Crippen molar-refractivity contribution in [2.24, 2.45) is 20.0 Å². The number of hydrogen-bond acceptors (Lipinski definition) is 6. The summed E-state index contributed by atoms with van der Waals surface area (Å²) in [6, 6.07) is 7.90. The van der Waals surface area contributed by atoms with Crippen LogP contribution < -0.4 is 16.0 Å². The summed E-state index contributed by atoms with van der Waals surface area (Å²) in [5.41, 5.74) is 0.299. The van der Waals surface area contributed by atoms with E-state index in [9.17, 15) is 14.7 Å². The van der Waals surface area contributed by atoms with Gasteiger partial charge in [-0.05, 0) is 44.6 Å². The Morgan fingerprint density at radius 1 is 1.25 bits per heavy atom. The minimum atomic E-state index is -0.711. The second-order valence-electron chi connectivity index (χ2n) is 8.67. The van der Waals surface area contributed by atoms with Crippen LogP contribution in [0, 0.1) is 5.92 Å². The first-order valence-corrected chi connectivity index (χ1v) is 10.8. The highest BCUT2D eigenvalue weighted by Gasteiger charge is 2.40. The van der Waals surface area contributed by atoms with Gasteiger partial charge in [-0.15, -0.1) is 0 Å². The molecule has 32 heavy (non-hydrogen) atoms. The fourth-order valence-corrected chi connectivity index (χ4v) is 4.45. The van der Waals surface area contributed by atoms with E-state index in [1.807, 2.05) is 24.3 Å². The maximum atomic E-state index is 11.4. The molecule has 4 rings (SSSR count). The number of nitrogens with one attached hydrogen (secondary N) is 1. The van der Waals surface area contributed by atoms with Gasteiger partial charge < -0.3 is 19.7 Å². The van der Waals surface area contributed by atoms with Gasteiger partial charge in [-0.25, -0.2) is 9.78 Å². The molecule has 0 spiro atoms. The van der Waals surface area contributed by atoms with Crippen molar-refractivity contribution in [2.45, 2.75) is 31.3 Å². The number of hydrogen-bond donors (Lipinski definition) is 2. The number of methoxy groups -OCH3 is 1. The third kappa shape index (κ3) is 4.63. The van der Waals surface area contributed by atoms with Crippen molar-refractivity contribution in [2.75, 3.05) is 27.7 Å². The number of nitrogens with zero attached hydrogens (tertiary/aromatic N) is 4. The van der Waals surface area contributed by atoms with Crippen molar-refractivity contribution < 1.29 is 9.84 Å². The van der Waals surface area contributed by atoms with Gasteiger partial charge in [0, 0.05) is 26.6 Å². The summed E-state index contributed by atoms with van der Waals surface area (Å²) in [5.74, 6) is 1.11. The van der Waals surface area contributed by atoms with Gasteiger partial charge in [-0.3, -0.25) is 13.9 Å². The Bertz CT molecular complexity index is 1180. The minimum Gasteiger partial charge on any atom is -0.497 e. The van der Waals surface area contributed by atoms with E-state index in [1.165, 1.54) is 24.4 Å². The third-order valence-corrected chi connectivity index (χ3v) is 6.22. The Kier molecular flexibility index (Phi) is 7.20. The normalized spacial score (nSPS) is 20.8. The smallest absolute Gasteiger partial charge is 0.332 e. The van der Waals surface area contributed by atoms with Gasteiger partial charge in [-0.1, -0.05) is 25.0 Å². The molecule has 0 bridgehead atoms. The van der Waals surface area contributed by atoms with Gasteiger partial charge in [0.1, 0.15) is 11.3 Å². The molecule has 2 aromatic heterocycles. The molecule has 2 atom stereocenters. The molecule has 9 heteroatoms. The topological polar surface area (TPSA) is 105 Å². The van der Waals surface area contributed by atoms with E-state index in [0.29, 0.717) is 17.1 Å². The molecule has 174 valence electrons. The van der Waals surface area contributed by atoms with Gasteiger partial charge in [0.25, 0.3) is 5.56 Å². The molecule has 0 unspecified atom stereocenters. The van der Waals surface area contributed by atoms with Crippen LogP contribution in [-0.4, -0.2) is 56.9 Å². The summed E-state index contributed by atoms with van der Waals surface area (Å²) in [6.45, 7) is 0.924. The lowest BCUT2D eigenvalue weighted by Crippen LogP contribution is -2.43. The Hall–Kier alpha value is -2.91. The van der Waals surface area contributed by atoms with Crippen molar-refractivity contribution in [3.8, 4) is 5.75 Å². The summed E-state index contributed by atoms with van der Waals surface area (Å²) < 4.78 is 7.65. The summed E-state index contributed by atoms with van der Waals surface area (Å²) in [4.78, 5) is 31.5. The predicted octanol–water partition coefficient (Wildman–Crippen LogP) is 1.59. The quantitative estimate of drug-likeness (QED) is 0.635. The van der Waals surface area contributed by atoms with Crippen LogP contribution >= 0.6 is 0 Å². The maximum absolute atomic E-state index is 11.4. The van der Waals surface area contributed by atoms with Crippen LogP contribution in [0.5, 0.6) is 5.75 Å². The molecule has 1 aliphatic rings. The van der Waals surface area contributed by atoms with Crippen molar-refractivity contribution in [1.82, 2.24) is 24.0 Å². The fourth-order valence-electron chi connectivity index (χ4n) is 4.45. The number of aliphatic hydroxyl groups is 1. The average Bonchev–Trinajstić information content (AvgIpc) is 3.28. The highest BCUT2D eigenvalue weighted by molar-refractivity contribution is 5.68. The zero-order valence-electron chi connectivity index (χ0n) is 19.5. The van der Waals surface area contributed by atoms with E-state index in [0.717, 1.165) is 41.7 Å². The molecule has 0 saturated heterocycles. The van der Waals surface area contributed by atoms with E-state index in [2.05, 4.69) is 29.0 Å². The molecule has 2 N–H and O–H groups in total. The number of fused-ring (bicyclic) bond motifs is 1. The van der Waals surface area contributed by atoms with Crippen LogP contribution in [0.4, 0.5) is 0 Å². The first-order chi connectivity index (χ1) is 15.2. The molecule has 1 aromatic carbocycles. The fraction of sp³-hybridized carbons (Fsp3) is 0.522. The van der Waals surface area contributed by atoms with E-state index in [-0.39, 0.29) is 11.2 Å². The number of aromatic amines is 1. The van der Waals surface area contributed by atoms with Gasteiger partial charge in [0.2, 0.25) is 0 Å². The number of H-pyrrole nitrogens is 1. The van der Waals surface area contributed by atoms with E-state index in [4.69, 9.17) is 4.74 Å². The van der Waals surface area contributed by atoms with Gasteiger partial charge in [0.15, 0.2) is 5.65 Å². The SMILES string of the molecule is COc1cccc([C@@]2(O)CCCC[C@@H]2CN(C)C)c1.Cn1c(=O)c2[nH]cnc2n(C)c1=O. The minimum absolute atomic E-state index is 0.295. The molecule has 9 nitrogen and oxygen atoms in total. The van der Waals surface area contributed by atoms with Crippen molar-refractivity contribution >= 4 is 11.2 Å². The molecular formula is C23H33N5O4. The molecule has 3 aromatic rings. The number of benzene rings is 1. The number of imidazole rings is 1. The Labute approximate surface area is 187 Å². The van der Waals surface area contributed by atoms with Crippen LogP contribution in [0.1, 0.15) is 31.2 Å². The summed E-state index contributed by atoms with van der Waals surface area (Å²) >= 11 is 0. The first-order valence-electron chi connectivity index (χ1n) is 10.8. The van der Waals surface area contributed by atoms with Crippen LogP contribution in [0.25, 0.3) is 11.2 Å². The molecule has 1 saturated carbocycles. The number of aryl methyl sites for hydroxylation is 1. The van der Waals surface area contributed by atoms with Crippen molar-refractivity contribution in [3.63, 3.8) is 0 Å². The molecule has 1 fully saturated rings. The molecule has 0 amide bonds. The van der Waals surface area contributed by atoms with E-state index < -0.39 is 5.60 Å². The van der Waals surface area contributed by atoms with E-state index in [1.54, 1.807) is 14.2 Å². The summed E-state index contributed by atoms with van der Waals surface area (Å²) in [5, 5.41) is 11.2. The largest absolute Gasteiger partial charge is 0.497 e. The number of ether oxygens (including phenoxy) is 1. The van der Waals surface area contributed by atoms with Crippen LogP contribution in [-0.2, 0) is 19.7 Å². The molecule has 0 radical (unpaired) electrons. The highest BCUT2D eigenvalue weighted by atomic mass is 16.5. The second-order valence-corrected chi connectivity index (χ2v) is 8.67. The molecule has 0 aliphatic heterocycles. The van der Waals surface area contributed by atoms with Gasteiger partial charge in [0.05, 0.1) is 19.0 Å². The van der Waals surface area contributed by atoms with Crippen molar-refractivity contribution in [3.05, 3.63) is 57.0 Å². The zero-order chi connectivity index (χ0) is 23.5. The molecule has 1 aliphatic carbocycles. The standard InChI is InChI=1S/C16H25NO2.C7H8N4O2/c1-17(2)12-14-7-4-5-10-16(14,18)13-8-6-9-15(11-13)19-3;1-10-5-4(8-3-9-5)6(12)11(2)7(10)13/h6,8-9,11,14,18H,4-5,7,10,12H2,1-3H3;3H,1-2H3,(H,8,9)/t14-,16+;/m1./s1. The lowest BCUT2D eigenvalue weighted by Gasteiger charge is -2.41. The van der Waals surface area contributed by atoms with Crippen LogP contribution in [0.3, 0.4) is 0 Å². The monoisotopic (exact) mass is 443 g/mol. The van der Waals surface area contributed by atoms with Gasteiger partial charge in [-0.2, -0.15) is 0 Å². The van der Waals surface area contributed by atoms with E-state index >= 15 is 0 Å². The van der Waals surface area contributed by atoms with Crippen molar-refractivity contribution in [1.29, 1.82) is 0 Å². The first kappa shape index (κ1) is 23.7. The Morgan fingerprint density at radius 2 is 2.00 bits per heavy atom. The molecule has 2 heterocycles. The lowest BCUT2D eigenvalue weighted by molar-refractivity contribution is -0.0619. The summed E-state index contributed by atoms with van der Waals surface area (Å²) in [7, 11) is 8.82. The molecular weight excluding hydrogens is 410 g/mol. The number of rotatable bonds is 4. The Balaban J connectivity index is 0.000000193. The van der Waals surface area contributed by atoms with Crippen LogP contribution in [0.2, 0.25) is 0 Å². The Morgan fingerprint density at radius 3 is 2.69 bits per heavy atom. The van der Waals surface area contributed by atoms with Gasteiger partial charge >= 0.3 is 5.69 Å². The average molecular weight is 444 g/mol. The second kappa shape index (κ2) is 9.70. The van der Waals surface area contributed by atoms with Crippen LogP contribution in [0.15, 0.2) is 40.2 Å². The predicted molar refractivity (Wildman–Crippen MR) is 124 cm³/mol. The maximum Gasteiger partial charge on any atom is 0.332 e. The third-order valence-electron chi connectivity index (χ3n) is 6.22. The number of aromatic nitrogens is 4.